The Morgan fingerprint density at radius 2 is 1.71 bits per heavy atom. The molecule has 0 saturated carbocycles. The van der Waals surface area contributed by atoms with Crippen molar-refractivity contribution in [2.75, 3.05) is 25.0 Å². The predicted octanol–water partition coefficient (Wildman–Crippen LogP) is 2.83. The molecular formula is C22H25N5O. The second kappa shape index (κ2) is 9.60. The van der Waals surface area contributed by atoms with Gasteiger partial charge < -0.3 is 10.2 Å². The summed E-state index contributed by atoms with van der Waals surface area (Å²) in [6.07, 6.45) is 5.22. The van der Waals surface area contributed by atoms with Gasteiger partial charge in [-0.1, -0.05) is 30.3 Å². The smallest absolute Gasteiger partial charge is 0.270 e. The minimum absolute atomic E-state index is 0.176. The number of nitrogens with one attached hydrogen (secondary N) is 1. The molecule has 0 saturated heterocycles. The van der Waals surface area contributed by atoms with E-state index in [1.54, 1.807) is 18.5 Å². The Morgan fingerprint density at radius 3 is 2.46 bits per heavy atom. The lowest BCUT2D eigenvalue weighted by Gasteiger charge is -2.18. The molecule has 0 spiro atoms. The summed E-state index contributed by atoms with van der Waals surface area (Å²) in [5.74, 6) is 0.382. The third-order valence-electron chi connectivity index (χ3n) is 4.44. The summed E-state index contributed by atoms with van der Waals surface area (Å²) in [6, 6.07) is 15.8. The monoisotopic (exact) mass is 375 g/mol. The first-order valence-electron chi connectivity index (χ1n) is 9.39. The maximum Gasteiger partial charge on any atom is 0.270 e. The van der Waals surface area contributed by atoms with Gasteiger partial charge in [0, 0.05) is 38.2 Å². The van der Waals surface area contributed by atoms with Gasteiger partial charge in [-0.25, -0.2) is 9.97 Å². The standard InChI is InChI=1S/C22H25N5O/c1-17-16-20(21(28)24-14-10-18-6-4-3-5-7-18)26-22(25-17)27(2)15-11-19-8-12-23-13-9-19/h3-9,12-13,16H,10-11,14-15H2,1-2H3,(H,24,28). The normalized spacial score (nSPS) is 10.5. The molecule has 0 fully saturated rings. The van der Waals surface area contributed by atoms with E-state index < -0.39 is 0 Å². The van der Waals surface area contributed by atoms with E-state index in [4.69, 9.17) is 0 Å². The predicted molar refractivity (Wildman–Crippen MR) is 110 cm³/mol. The van der Waals surface area contributed by atoms with E-state index in [2.05, 4.69) is 32.4 Å². The molecule has 6 heteroatoms. The van der Waals surface area contributed by atoms with Crippen LogP contribution in [0.25, 0.3) is 0 Å². The van der Waals surface area contributed by atoms with Crippen LogP contribution in [0.3, 0.4) is 0 Å². The molecule has 28 heavy (non-hydrogen) atoms. The van der Waals surface area contributed by atoms with Crippen molar-refractivity contribution in [2.45, 2.75) is 19.8 Å². The molecule has 6 nitrogen and oxygen atoms in total. The summed E-state index contributed by atoms with van der Waals surface area (Å²) in [4.78, 5) is 27.5. The number of nitrogens with zero attached hydrogens (tertiary/aromatic N) is 4. The van der Waals surface area contributed by atoms with E-state index in [-0.39, 0.29) is 5.91 Å². The van der Waals surface area contributed by atoms with Gasteiger partial charge in [0.15, 0.2) is 0 Å². The van der Waals surface area contributed by atoms with Gasteiger partial charge in [0.2, 0.25) is 5.95 Å². The summed E-state index contributed by atoms with van der Waals surface area (Å²) >= 11 is 0. The van der Waals surface area contributed by atoms with Crippen molar-refractivity contribution in [1.29, 1.82) is 0 Å². The van der Waals surface area contributed by atoms with E-state index in [1.807, 2.05) is 49.2 Å². The molecule has 0 unspecified atom stereocenters. The van der Waals surface area contributed by atoms with Crippen molar-refractivity contribution < 1.29 is 4.79 Å². The Bertz CT molecular complexity index is 899. The van der Waals surface area contributed by atoms with E-state index in [0.29, 0.717) is 18.2 Å². The van der Waals surface area contributed by atoms with Gasteiger partial charge in [0.25, 0.3) is 5.91 Å². The summed E-state index contributed by atoms with van der Waals surface area (Å²) in [5.41, 5.74) is 3.56. The van der Waals surface area contributed by atoms with Gasteiger partial charge in [-0.15, -0.1) is 0 Å². The Hall–Kier alpha value is -3.28. The summed E-state index contributed by atoms with van der Waals surface area (Å²) < 4.78 is 0. The molecule has 1 N–H and O–H groups in total. The molecule has 0 aliphatic heterocycles. The fourth-order valence-corrected chi connectivity index (χ4v) is 2.84. The molecule has 3 rings (SSSR count). The molecule has 0 radical (unpaired) electrons. The molecule has 144 valence electrons. The van der Waals surface area contributed by atoms with Crippen LogP contribution in [0, 0.1) is 6.92 Å². The van der Waals surface area contributed by atoms with Gasteiger partial charge >= 0.3 is 0 Å². The lowest BCUT2D eigenvalue weighted by atomic mass is 10.1. The van der Waals surface area contributed by atoms with Crippen LogP contribution < -0.4 is 10.2 Å². The zero-order chi connectivity index (χ0) is 19.8. The van der Waals surface area contributed by atoms with Crippen LogP contribution >= 0.6 is 0 Å². The number of aryl methyl sites for hydroxylation is 1. The number of hydrogen-bond acceptors (Lipinski definition) is 5. The molecule has 0 aliphatic carbocycles. The zero-order valence-electron chi connectivity index (χ0n) is 16.3. The van der Waals surface area contributed by atoms with Crippen LogP contribution in [0.2, 0.25) is 0 Å². The van der Waals surface area contributed by atoms with Crippen molar-refractivity contribution in [3.05, 3.63) is 83.4 Å². The number of carbonyl (C=O) groups excluding carboxylic acids is 1. The molecule has 0 atom stereocenters. The fraction of sp³-hybridized carbons (Fsp3) is 0.273. The van der Waals surface area contributed by atoms with E-state index >= 15 is 0 Å². The summed E-state index contributed by atoms with van der Waals surface area (Å²) in [5, 5.41) is 2.94. The maximum atomic E-state index is 12.5. The van der Waals surface area contributed by atoms with Gasteiger partial charge in [-0.05, 0) is 49.1 Å². The minimum atomic E-state index is -0.176. The van der Waals surface area contributed by atoms with Crippen LogP contribution in [0.15, 0.2) is 60.9 Å². The highest BCUT2D eigenvalue weighted by Crippen LogP contribution is 2.10. The van der Waals surface area contributed by atoms with Crippen molar-refractivity contribution in [2.24, 2.45) is 0 Å². The number of hydrogen-bond donors (Lipinski definition) is 1. The molecule has 2 aromatic heterocycles. The third-order valence-corrected chi connectivity index (χ3v) is 4.44. The Labute approximate surface area is 165 Å². The van der Waals surface area contributed by atoms with Crippen LogP contribution in [-0.4, -0.2) is 41.0 Å². The molecule has 0 aliphatic rings. The SMILES string of the molecule is Cc1cc(C(=O)NCCc2ccccc2)nc(N(C)CCc2ccncc2)n1. The Balaban J connectivity index is 1.59. The first-order valence-corrected chi connectivity index (χ1v) is 9.39. The van der Waals surface area contributed by atoms with Crippen LogP contribution in [0.1, 0.15) is 27.3 Å². The number of likely N-dealkylation sites (N-methyl/N-ethyl adjacent to an activating group) is 1. The average molecular weight is 375 g/mol. The largest absolute Gasteiger partial charge is 0.350 e. The topological polar surface area (TPSA) is 71.0 Å². The molecule has 3 aromatic rings. The first kappa shape index (κ1) is 19.5. The zero-order valence-corrected chi connectivity index (χ0v) is 16.3. The van der Waals surface area contributed by atoms with Crippen molar-refractivity contribution >= 4 is 11.9 Å². The number of aromatic nitrogens is 3. The number of benzene rings is 1. The summed E-state index contributed by atoms with van der Waals surface area (Å²) in [6.45, 7) is 3.20. The van der Waals surface area contributed by atoms with Crippen LogP contribution in [-0.2, 0) is 12.8 Å². The second-order valence-corrected chi connectivity index (χ2v) is 6.71. The molecular weight excluding hydrogens is 350 g/mol. The van der Waals surface area contributed by atoms with Crippen molar-refractivity contribution in [3.63, 3.8) is 0 Å². The second-order valence-electron chi connectivity index (χ2n) is 6.71. The minimum Gasteiger partial charge on any atom is -0.350 e. The van der Waals surface area contributed by atoms with Gasteiger partial charge in [0.1, 0.15) is 5.69 Å². The lowest BCUT2D eigenvalue weighted by Crippen LogP contribution is -2.29. The highest BCUT2D eigenvalue weighted by atomic mass is 16.1. The van der Waals surface area contributed by atoms with Crippen molar-refractivity contribution in [3.8, 4) is 0 Å². The number of amides is 1. The van der Waals surface area contributed by atoms with Crippen LogP contribution in [0.4, 0.5) is 5.95 Å². The highest BCUT2D eigenvalue weighted by molar-refractivity contribution is 5.92. The highest BCUT2D eigenvalue weighted by Gasteiger charge is 2.13. The van der Waals surface area contributed by atoms with E-state index in [9.17, 15) is 4.79 Å². The number of rotatable bonds is 8. The van der Waals surface area contributed by atoms with Gasteiger partial charge in [-0.2, -0.15) is 0 Å². The molecule has 0 bridgehead atoms. The maximum absolute atomic E-state index is 12.5. The number of carbonyl (C=O) groups is 1. The van der Waals surface area contributed by atoms with Gasteiger partial charge in [0.05, 0.1) is 0 Å². The number of pyridine rings is 1. The molecule has 1 amide bonds. The quantitative estimate of drug-likeness (QED) is 0.656. The average Bonchev–Trinajstić information content (AvgIpc) is 2.73. The van der Waals surface area contributed by atoms with Crippen LogP contribution in [0.5, 0.6) is 0 Å². The summed E-state index contributed by atoms with van der Waals surface area (Å²) in [7, 11) is 1.94. The van der Waals surface area contributed by atoms with E-state index in [1.165, 1.54) is 11.1 Å². The van der Waals surface area contributed by atoms with Crippen molar-refractivity contribution in [1.82, 2.24) is 20.3 Å². The first-order chi connectivity index (χ1) is 13.6. The Kier molecular flexibility index (Phi) is 6.68. The molecule has 1 aromatic carbocycles. The fourth-order valence-electron chi connectivity index (χ4n) is 2.84. The van der Waals surface area contributed by atoms with E-state index in [0.717, 1.165) is 25.1 Å². The lowest BCUT2D eigenvalue weighted by molar-refractivity contribution is 0.0949. The number of anilines is 1. The third kappa shape index (κ3) is 5.61. The Morgan fingerprint density at radius 1 is 1.00 bits per heavy atom. The molecule has 2 heterocycles. The van der Waals surface area contributed by atoms with Gasteiger partial charge in [-0.3, -0.25) is 9.78 Å².